The van der Waals surface area contributed by atoms with Crippen LogP contribution in [0.25, 0.3) is 11.5 Å². The van der Waals surface area contributed by atoms with Crippen LogP contribution in [0.4, 0.5) is 0 Å². The van der Waals surface area contributed by atoms with Gasteiger partial charge < -0.3 is 4.74 Å². The van der Waals surface area contributed by atoms with E-state index in [9.17, 15) is 8.42 Å². The third-order valence-corrected chi connectivity index (χ3v) is 5.63. The SMILES string of the molecule is COc1ccccc1S(=O)(=O)Cc1nc(-c2ccccn2)ns1. The summed E-state index contributed by atoms with van der Waals surface area (Å²) in [6.45, 7) is 0. The summed E-state index contributed by atoms with van der Waals surface area (Å²) in [5, 5.41) is 0.413. The fourth-order valence-electron chi connectivity index (χ4n) is 2.03. The number of aromatic nitrogens is 3. The lowest BCUT2D eigenvalue weighted by Gasteiger charge is -2.07. The molecule has 0 aliphatic heterocycles. The van der Waals surface area contributed by atoms with Crippen molar-refractivity contribution in [3.8, 4) is 17.3 Å². The third-order valence-electron chi connectivity index (χ3n) is 3.08. The smallest absolute Gasteiger partial charge is 0.191 e. The Kier molecular flexibility index (Phi) is 4.35. The molecular weight excluding hydrogens is 334 g/mol. The van der Waals surface area contributed by atoms with Crippen LogP contribution in [0.15, 0.2) is 53.6 Å². The Balaban J connectivity index is 1.89. The lowest BCUT2D eigenvalue weighted by Crippen LogP contribution is -2.06. The first-order valence-electron chi connectivity index (χ1n) is 6.70. The van der Waals surface area contributed by atoms with Crippen molar-refractivity contribution >= 4 is 21.4 Å². The predicted octanol–water partition coefficient (Wildman–Crippen LogP) is 2.58. The molecule has 0 radical (unpaired) electrons. The fraction of sp³-hybridized carbons (Fsp3) is 0.133. The Bertz CT molecular complexity index is 908. The Morgan fingerprint density at radius 1 is 1.13 bits per heavy atom. The van der Waals surface area contributed by atoms with Gasteiger partial charge in [-0.3, -0.25) is 4.98 Å². The van der Waals surface area contributed by atoms with Crippen molar-refractivity contribution in [2.45, 2.75) is 10.6 Å². The summed E-state index contributed by atoms with van der Waals surface area (Å²) < 4.78 is 34.4. The van der Waals surface area contributed by atoms with Gasteiger partial charge in [0.05, 0.1) is 7.11 Å². The summed E-state index contributed by atoms with van der Waals surface area (Å²) in [5.74, 6) is 0.528. The molecule has 0 spiro atoms. The van der Waals surface area contributed by atoms with E-state index < -0.39 is 9.84 Å². The molecule has 23 heavy (non-hydrogen) atoms. The maximum absolute atomic E-state index is 12.6. The lowest BCUT2D eigenvalue weighted by atomic mass is 10.3. The van der Waals surface area contributed by atoms with E-state index in [1.807, 2.05) is 6.07 Å². The van der Waals surface area contributed by atoms with Crippen molar-refractivity contribution in [3.63, 3.8) is 0 Å². The lowest BCUT2D eigenvalue weighted by molar-refractivity contribution is 0.402. The van der Waals surface area contributed by atoms with E-state index in [2.05, 4.69) is 14.3 Å². The molecular formula is C15H13N3O3S2. The van der Waals surface area contributed by atoms with Crippen molar-refractivity contribution in [2.24, 2.45) is 0 Å². The number of pyridine rings is 1. The highest BCUT2D eigenvalue weighted by molar-refractivity contribution is 7.90. The molecule has 118 valence electrons. The molecule has 2 aromatic heterocycles. The number of para-hydroxylation sites is 1. The summed E-state index contributed by atoms with van der Waals surface area (Å²) in [6, 6.07) is 11.9. The molecule has 0 N–H and O–H groups in total. The number of rotatable bonds is 5. The van der Waals surface area contributed by atoms with E-state index in [4.69, 9.17) is 4.74 Å². The van der Waals surface area contributed by atoms with Gasteiger partial charge in [-0.15, -0.1) is 0 Å². The van der Waals surface area contributed by atoms with E-state index in [-0.39, 0.29) is 10.6 Å². The van der Waals surface area contributed by atoms with E-state index in [1.165, 1.54) is 13.2 Å². The summed E-state index contributed by atoms with van der Waals surface area (Å²) in [7, 11) is -2.12. The standard InChI is InChI=1S/C15H13N3O3S2/c1-21-12-7-2-3-8-13(12)23(19,20)10-14-17-15(18-22-14)11-6-4-5-9-16-11/h2-9H,10H2,1H3. The molecule has 0 aliphatic carbocycles. The van der Waals surface area contributed by atoms with Gasteiger partial charge in [-0.05, 0) is 35.8 Å². The van der Waals surface area contributed by atoms with Crippen LogP contribution in [-0.4, -0.2) is 29.9 Å². The van der Waals surface area contributed by atoms with Crippen LogP contribution in [0.5, 0.6) is 5.75 Å². The van der Waals surface area contributed by atoms with Crippen molar-refractivity contribution in [1.29, 1.82) is 0 Å². The number of nitrogens with zero attached hydrogens (tertiary/aromatic N) is 3. The van der Waals surface area contributed by atoms with E-state index >= 15 is 0 Å². The van der Waals surface area contributed by atoms with Crippen LogP contribution in [0.2, 0.25) is 0 Å². The van der Waals surface area contributed by atoms with Crippen molar-refractivity contribution < 1.29 is 13.2 Å². The summed E-state index contributed by atoms with van der Waals surface area (Å²) in [5.41, 5.74) is 0.615. The second kappa shape index (κ2) is 6.43. The third kappa shape index (κ3) is 3.38. The van der Waals surface area contributed by atoms with Crippen molar-refractivity contribution in [2.75, 3.05) is 7.11 Å². The largest absolute Gasteiger partial charge is 0.495 e. The van der Waals surface area contributed by atoms with Gasteiger partial charge in [0.25, 0.3) is 0 Å². The molecule has 0 aliphatic rings. The zero-order valence-electron chi connectivity index (χ0n) is 12.2. The van der Waals surface area contributed by atoms with Crippen LogP contribution in [-0.2, 0) is 15.6 Å². The highest BCUT2D eigenvalue weighted by Gasteiger charge is 2.22. The molecule has 6 nitrogen and oxygen atoms in total. The van der Waals surface area contributed by atoms with Crippen LogP contribution in [0, 0.1) is 0 Å². The monoisotopic (exact) mass is 347 g/mol. The number of methoxy groups -OCH3 is 1. The maximum Gasteiger partial charge on any atom is 0.191 e. The summed E-state index contributed by atoms with van der Waals surface area (Å²) in [6.07, 6.45) is 1.64. The maximum atomic E-state index is 12.6. The molecule has 0 unspecified atom stereocenters. The zero-order valence-corrected chi connectivity index (χ0v) is 13.8. The molecule has 0 saturated heterocycles. The van der Waals surface area contributed by atoms with Gasteiger partial charge in [0.1, 0.15) is 27.1 Å². The van der Waals surface area contributed by atoms with Gasteiger partial charge in [-0.1, -0.05) is 18.2 Å². The first-order chi connectivity index (χ1) is 11.1. The Hall–Kier alpha value is -2.32. The topological polar surface area (TPSA) is 82.0 Å². The second-order valence-corrected chi connectivity index (χ2v) is 7.43. The highest BCUT2D eigenvalue weighted by atomic mass is 32.2. The molecule has 0 fully saturated rings. The quantitative estimate of drug-likeness (QED) is 0.705. The molecule has 8 heteroatoms. The van der Waals surface area contributed by atoms with Gasteiger partial charge in [0.2, 0.25) is 0 Å². The minimum Gasteiger partial charge on any atom is -0.495 e. The van der Waals surface area contributed by atoms with E-state index in [1.54, 1.807) is 36.5 Å². The zero-order chi connectivity index (χ0) is 16.3. The average Bonchev–Trinajstić information content (AvgIpc) is 3.03. The molecule has 0 atom stereocenters. The number of hydrogen-bond acceptors (Lipinski definition) is 7. The Morgan fingerprint density at radius 3 is 2.65 bits per heavy atom. The number of sulfone groups is 1. The molecule has 0 bridgehead atoms. The molecule has 1 aromatic carbocycles. The highest BCUT2D eigenvalue weighted by Crippen LogP contribution is 2.27. The summed E-state index contributed by atoms with van der Waals surface area (Å²) >= 11 is 1.06. The number of hydrogen-bond donors (Lipinski definition) is 0. The van der Waals surface area contributed by atoms with Crippen LogP contribution in [0.3, 0.4) is 0 Å². The molecule has 3 rings (SSSR count). The second-order valence-electron chi connectivity index (χ2n) is 4.64. The predicted molar refractivity (Wildman–Crippen MR) is 87.0 cm³/mol. The van der Waals surface area contributed by atoms with Gasteiger partial charge in [-0.2, -0.15) is 4.37 Å². The molecule has 2 heterocycles. The number of ether oxygens (including phenoxy) is 1. The van der Waals surface area contributed by atoms with Crippen molar-refractivity contribution in [3.05, 3.63) is 53.7 Å². The molecule has 3 aromatic rings. The molecule has 0 saturated carbocycles. The number of benzene rings is 1. The average molecular weight is 347 g/mol. The first-order valence-corrected chi connectivity index (χ1v) is 9.12. The Morgan fingerprint density at radius 2 is 1.91 bits per heavy atom. The molecule has 0 amide bonds. The first kappa shape index (κ1) is 15.6. The fourth-order valence-corrected chi connectivity index (χ4v) is 4.45. The van der Waals surface area contributed by atoms with E-state index in [0.29, 0.717) is 22.3 Å². The van der Waals surface area contributed by atoms with Gasteiger partial charge in [0, 0.05) is 6.20 Å². The van der Waals surface area contributed by atoms with Gasteiger partial charge in [-0.25, -0.2) is 13.4 Å². The van der Waals surface area contributed by atoms with E-state index in [0.717, 1.165) is 11.5 Å². The van der Waals surface area contributed by atoms with Crippen molar-refractivity contribution in [1.82, 2.24) is 14.3 Å². The minimum absolute atomic E-state index is 0.150. The van der Waals surface area contributed by atoms with Gasteiger partial charge >= 0.3 is 0 Å². The van der Waals surface area contributed by atoms with Crippen LogP contribution >= 0.6 is 11.5 Å². The Labute approximate surface area is 137 Å². The van der Waals surface area contributed by atoms with Gasteiger partial charge in [0.15, 0.2) is 15.7 Å². The minimum atomic E-state index is -3.56. The normalized spacial score (nSPS) is 11.3. The summed E-state index contributed by atoms with van der Waals surface area (Å²) in [4.78, 5) is 8.58. The van der Waals surface area contributed by atoms with Crippen LogP contribution < -0.4 is 4.74 Å². The van der Waals surface area contributed by atoms with Crippen LogP contribution in [0.1, 0.15) is 5.01 Å².